The summed E-state index contributed by atoms with van der Waals surface area (Å²) < 4.78 is 17.3. The molecule has 0 amide bonds. The Bertz CT molecular complexity index is 1010. The number of ether oxygens (including phenoxy) is 2. The maximum atomic E-state index is 10.2. The molecule has 3 aliphatic rings. The van der Waals surface area contributed by atoms with E-state index < -0.39 is 34.5 Å². The standard InChI is InChI=1S/C20H14N4O3/c1-18-15(13-6-3-2-4-7-13)19(10-21,11-22)20(12-23,17(24)27-18)16(26-18)14-8-5-9-25-14/h2-9,15-16,24H,1H3/t15-,16+,18-,20-/m1/s1. The van der Waals surface area contributed by atoms with Crippen molar-refractivity contribution in [3.8, 4) is 18.2 Å². The van der Waals surface area contributed by atoms with Gasteiger partial charge in [0.25, 0.3) is 0 Å². The molecule has 4 atom stereocenters. The van der Waals surface area contributed by atoms with Crippen LogP contribution in [0, 0.1) is 50.2 Å². The smallest absolute Gasteiger partial charge is 0.219 e. The largest absolute Gasteiger partial charge is 0.467 e. The third-order valence-corrected chi connectivity index (χ3v) is 5.45. The minimum absolute atomic E-state index is 0.261. The van der Waals surface area contributed by atoms with E-state index in [0.29, 0.717) is 5.56 Å². The summed E-state index contributed by atoms with van der Waals surface area (Å²) >= 11 is 0. The van der Waals surface area contributed by atoms with Crippen molar-refractivity contribution in [3.05, 3.63) is 60.1 Å². The lowest BCUT2D eigenvalue weighted by Gasteiger charge is -2.60. The van der Waals surface area contributed by atoms with E-state index in [2.05, 4.69) is 12.1 Å². The number of furan rings is 1. The van der Waals surface area contributed by atoms with Gasteiger partial charge in [0.2, 0.25) is 11.7 Å². The first-order chi connectivity index (χ1) is 13.0. The van der Waals surface area contributed by atoms with Crippen molar-refractivity contribution in [2.24, 2.45) is 10.8 Å². The Morgan fingerprint density at radius 2 is 1.70 bits per heavy atom. The highest BCUT2D eigenvalue weighted by Gasteiger charge is 2.80. The summed E-state index contributed by atoms with van der Waals surface area (Å²) in [5.74, 6) is -2.60. The fraction of sp³-hybridized carbons (Fsp3) is 0.300. The van der Waals surface area contributed by atoms with Gasteiger partial charge < -0.3 is 13.9 Å². The predicted octanol–water partition coefficient (Wildman–Crippen LogP) is 3.40. The molecule has 7 heteroatoms. The SMILES string of the molecule is C[C@]12OC(=N)[C@@](C#N)([C@H](c3ccco3)O1)C(C#N)(C#N)[C@@H]2c1ccccc1. The quantitative estimate of drug-likeness (QED) is 0.876. The molecule has 1 aromatic heterocycles. The van der Waals surface area contributed by atoms with Crippen molar-refractivity contribution in [3.63, 3.8) is 0 Å². The number of nitrogens with zero attached hydrogens (tertiary/aromatic N) is 3. The average molecular weight is 358 g/mol. The van der Waals surface area contributed by atoms with E-state index in [1.165, 1.54) is 6.26 Å². The van der Waals surface area contributed by atoms with Crippen LogP contribution in [0.5, 0.6) is 0 Å². The molecule has 0 radical (unpaired) electrons. The molecule has 7 nitrogen and oxygen atoms in total. The van der Waals surface area contributed by atoms with Gasteiger partial charge in [0.1, 0.15) is 11.9 Å². The lowest BCUT2D eigenvalue weighted by atomic mass is 9.50. The Hall–Kier alpha value is -3.60. The van der Waals surface area contributed by atoms with Gasteiger partial charge in [-0.2, -0.15) is 15.8 Å². The number of hydrogen-bond donors (Lipinski definition) is 1. The van der Waals surface area contributed by atoms with Crippen LogP contribution < -0.4 is 0 Å². The number of benzene rings is 1. The first-order valence-electron chi connectivity index (χ1n) is 8.27. The molecule has 1 aromatic carbocycles. The molecule has 3 saturated heterocycles. The summed E-state index contributed by atoms with van der Waals surface area (Å²) in [5.41, 5.74) is -3.27. The normalized spacial score (nSPS) is 33.3. The summed E-state index contributed by atoms with van der Waals surface area (Å²) in [7, 11) is 0. The molecular weight excluding hydrogens is 344 g/mol. The van der Waals surface area contributed by atoms with Gasteiger partial charge >= 0.3 is 0 Å². The topological polar surface area (TPSA) is 127 Å². The van der Waals surface area contributed by atoms with Gasteiger partial charge in [-0.1, -0.05) is 30.3 Å². The molecule has 2 aromatic rings. The zero-order valence-electron chi connectivity index (χ0n) is 14.3. The maximum Gasteiger partial charge on any atom is 0.219 e. The maximum absolute atomic E-state index is 10.2. The number of nitriles is 3. The first-order valence-corrected chi connectivity index (χ1v) is 8.27. The third-order valence-electron chi connectivity index (χ3n) is 5.45. The molecule has 4 heterocycles. The molecule has 132 valence electrons. The number of hydrogen-bond acceptors (Lipinski definition) is 7. The number of rotatable bonds is 2. The molecule has 2 bridgehead atoms. The summed E-state index contributed by atoms with van der Waals surface area (Å²) in [6, 6.07) is 18.2. The van der Waals surface area contributed by atoms with E-state index in [9.17, 15) is 15.8 Å². The minimum atomic E-state index is -1.98. The lowest BCUT2D eigenvalue weighted by molar-refractivity contribution is -0.326. The number of fused-ring (bicyclic) bond motifs is 3. The van der Waals surface area contributed by atoms with Crippen LogP contribution in [0.25, 0.3) is 0 Å². The zero-order chi connectivity index (χ0) is 19.3. The molecule has 3 fully saturated rings. The van der Waals surface area contributed by atoms with Crippen LogP contribution in [0.1, 0.15) is 30.3 Å². The van der Waals surface area contributed by atoms with Crippen molar-refractivity contribution >= 4 is 5.90 Å². The fourth-order valence-electron chi connectivity index (χ4n) is 4.32. The lowest BCUT2D eigenvalue weighted by Crippen LogP contribution is -2.70. The monoisotopic (exact) mass is 358 g/mol. The Kier molecular flexibility index (Phi) is 3.40. The van der Waals surface area contributed by atoms with Gasteiger partial charge in [0, 0.05) is 6.92 Å². The highest BCUT2D eigenvalue weighted by atomic mass is 16.7. The fourth-order valence-corrected chi connectivity index (χ4v) is 4.32. The highest BCUT2D eigenvalue weighted by Crippen LogP contribution is 2.69. The van der Waals surface area contributed by atoms with E-state index in [1.54, 1.807) is 43.3 Å². The molecule has 0 spiro atoms. The van der Waals surface area contributed by atoms with Crippen LogP contribution >= 0.6 is 0 Å². The molecular formula is C20H14N4O3. The molecule has 0 unspecified atom stereocenters. The van der Waals surface area contributed by atoms with Crippen molar-refractivity contribution in [2.75, 3.05) is 0 Å². The zero-order valence-corrected chi connectivity index (χ0v) is 14.3. The molecule has 0 aliphatic carbocycles. The van der Waals surface area contributed by atoms with Crippen LogP contribution in [0.2, 0.25) is 0 Å². The Morgan fingerprint density at radius 3 is 2.26 bits per heavy atom. The molecule has 0 saturated carbocycles. The summed E-state index contributed by atoms with van der Waals surface area (Å²) in [6.07, 6.45) is 0.288. The van der Waals surface area contributed by atoms with Crippen LogP contribution in [0.15, 0.2) is 53.1 Å². The van der Waals surface area contributed by atoms with Crippen LogP contribution in [-0.4, -0.2) is 11.7 Å². The van der Waals surface area contributed by atoms with Crippen molar-refractivity contribution < 1.29 is 13.9 Å². The molecule has 27 heavy (non-hydrogen) atoms. The van der Waals surface area contributed by atoms with E-state index >= 15 is 0 Å². The van der Waals surface area contributed by atoms with Crippen LogP contribution in [0.4, 0.5) is 0 Å². The van der Waals surface area contributed by atoms with E-state index in [4.69, 9.17) is 19.3 Å². The molecule has 3 aliphatic heterocycles. The van der Waals surface area contributed by atoms with Crippen molar-refractivity contribution in [1.82, 2.24) is 0 Å². The Balaban J connectivity index is 2.06. The van der Waals surface area contributed by atoms with Crippen molar-refractivity contribution in [1.29, 1.82) is 21.2 Å². The summed E-state index contributed by atoms with van der Waals surface area (Å²) in [4.78, 5) is 0. The van der Waals surface area contributed by atoms with E-state index in [0.717, 1.165) is 0 Å². The van der Waals surface area contributed by atoms with Crippen molar-refractivity contribution in [2.45, 2.75) is 24.7 Å². The first kappa shape index (κ1) is 16.8. The number of nitrogens with one attached hydrogen (secondary N) is 1. The molecule has 1 N–H and O–H groups in total. The summed E-state index contributed by atoms with van der Waals surface area (Å²) in [6.45, 7) is 1.58. The average Bonchev–Trinajstić information content (AvgIpc) is 3.21. The van der Waals surface area contributed by atoms with Gasteiger partial charge in [-0.3, -0.25) is 5.41 Å². The second kappa shape index (κ2) is 5.45. The highest BCUT2D eigenvalue weighted by molar-refractivity contribution is 5.89. The molecule has 5 rings (SSSR count). The van der Waals surface area contributed by atoms with Gasteiger partial charge in [0.15, 0.2) is 10.8 Å². The second-order valence-corrected chi connectivity index (χ2v) is 6.76. The van der Waals surface area contributed by atoms with Crippen LogP contribution in [-0.2, 0) is 9.47 Å². The van der Waals surface area contributed by atoms with Gasteiger partial charge in [-0.05, 0) is 17.7 Å². The van der Waals surface area contributed by atoms with Crippen LogP contribution in [0.3, 0.4) is 0 Å². The van der Waals surface area contributed by atoms with Gasteiger partial charge in [-0.25, -0.2) is 0 Å². The minimum Gasteiger partial charge on any atom is -0.467 e. The predicted molar refractivity (Wildman–Crippen MR) is 90.6 cm³/mol. The third kappa shape index (κ3) is 1.83. The second-order valence-electron chi connectivity index (χ2n) is 6.76. The Morgan fingerprint density at radius 1 is 1.00 bits per heavy atom. The van der Waals surface area contributed by atoms with E-state index in [-0.39, 0.29) is 5.76 Å². The van der Waals surface area contributed by atoms with Gasteiger partial charge in [-0.15, -0.1) is 0 Å². The van der Waals surface area contributed by atoms with Gasteiger partial charge in [0.05, 0.1) is 30.4 Å². The Labute approximate surface area is 155 Å². The van der Waals surface area contributed by atoms with E-state index in [1.807, 2.05) is 12.1 Å². The summed E-state index contributed by atoms with van der Waals surface area (Å²) in [5, 5.41) is 38.9.